The second kappa shape index (κ2) is 8.22. The highest BCUT2D eigenvalue weighted by Gasteiger charge is 2.16. The van der Waals surface area contributed by atoms with Crippen molar-refractivity contribution in [2.45, 2.75) is 0 Å². The minimum Gasteiger partial charge on any atom is -0.317 e. The molecule has 0 N–H and O–H groups in total. The minimum absolute atomic E-state index is 1.17. The van der Waals surface area contributed by atoms with Gasteiger partial charge in [0.2, 0.25) is 0 Å². The highest BCUT2D eigenvalue weighted by atomic mass is 15.0. The third kappa shape index (κ3) is 3.07. The van der Waals surface area contributed by atoms with Crippen LogP contribution in [0.25, 0.3) is 66.0 Å². The first-order valence-electron chi connectivity index (χ1n) is 13.0. The van der Waals surface area contributed by atoms with Crippen LogP contribution < -0.4 is 0 Å². The molecule has 0 amide bonds. The van der Waals surface area contributed by atoms with Crippen molar-refractivity contribution < 1.29 is 0 Å². The highest BCUT2D eigenvalue weighted by molar-refractivity contribution is 6.25. The van der Waals surface area contributed by atoms with Crippen LogP contribution in [0.3, 0.4) is 0 Å². The van der Waals surface area contributed by atoms with Gasteiger partial charge in [-0.2, -0.15) is 0 Å². The second-order valence-corrected chi connectivity index (χ2v) is 9.84. The predicted octanol–water partition coefficient (Wildman–Crippen LogP) is 9.55. The van der Waals surface area contributed by atoms with Gasteiger partial charge >= 0.3 is 0 Å². The van der Waals surface area contributed by atoms with Gasteiger partial charge < -0.3 is 9.13 Å². The van der Waals surface area contributed by atoms with Gasteiger partial charge in [-0.3, -0.25) is 0 Å². The smallest absolute Gasteiger partial charge is 0.0547 e. The van der Waals surface area contributed by atoms with Gasteiger partial charge in [0, 0.05) is 33.7 Å². The monoisotopic (exact) mass is 484 g/mol. The number of benzene rings is 6. The van der Waals surface area contributed by atoms with E-state index in [9.17, 15) is 0 Å². The van der Waals surface area contributed by atoms with Crippen molar-refractivity contribution in [2.24, 2.45) is 0 Å². The lowest BCUT2D eigenvalue weighted by atomic mass is 10.0. The molecule has 0 saturated heterocycles. The van der Waals surface area contributed by atoms with Gasteiger partial charge in [0.15, 0.2) is 0 Å². The number of rotatable bonds is 3. The molecule has 2 heteroatoms. The van der Waals surface area contributed by atoms with E-state index in [1.807, 2.05) is 0 Å². The van der Waals surface area contributed by atoms with Crippen LogP contribution in [-0.2, 0) is 0 Å². The molecule has 38 heavy (non-hydrogen) atoms. The fourth-order valence-corrected chi connectivity index (χ4v) is 6.03. The van der Waals surface area contributed by atoms with Crippen LogP contribution in [0.15, 0.2) is 146 Å². The Morgan fingerprint density at radius 3 is 1.82 bits per heavy atom. The number of aromatic nitrogens is 2. The number of nitrogens with zero attached hydrogens (tertiary/aromatic N) is 2. The lowest BCUT2D eigenvalue weighted by Gasteiger charge is -2.10. The molecule has 6 aromatic carbocycles. The van der Waals surface area contributed by atoms with Gasteiger partial charge in [-0.1, -0.05) is 91.0 Å². The first-order valence-corrected chi connectivity index (χ1v) is 13.0. The summed E-state index contributed by atoms with van der Waals surface area (Å²) in [6.45, 7) is 0. The third-order valence-corrected chi connectivity index (χ3v) is 7.77. The maximum absolute atomic E-state index is 2.40. The van der Waals surface area contributed by atoms with E-state index < -0.39 is 0 Å². The van der Waals surface area contributed by atoms with Crippen molar-refractivity contribution >= 4 is 43.5 Å². The largest absolute Gasteiger partial charge is 0.317 e. The molecule has 2 aromatic heterocycles. The van der Waals surface area contributed by atoms with Gasteiger partial charge in [-0.15, -0.1) is 0 Å². The summed E-state index contributed by atoms with van der Waals surface area (Å²) in [7, 11) is 0. The number of para-hydroxylation sites is 2. The molecule has 0 atom stereocenters. The van der Waals surface area contributed by atoms with Crippen LogP contribution in [-0.4, -0.2) is 9.13 Å². The Morgan fingerprint density at radius 1 is 0.342 bits per heavy atom. The van der Waals surface area contributed by atoms with E-state index in [0.717, 1.165) is 0 Å². The molecule has 0 spiro atoms. The fraction of sp³-hybridized carbons (Fsp3) is 0. The van der Waals surface area contributed by atoms with Crippen molar-refractivity contribution in [3.63, 3.8) is 0 Å². The van der Waals surface area contributed by atoms with E-state index in [4.69, 9.17) is 0 Å². The quantitative estimate of drug-likeness (QED) is 0.236. The topological polar surface area (TPSA) is 9.86 Å². The van der Waals surface area contributed by atoms with Gasteiger partial charge in [0.05, 0.1) is 16.6 Å². The first-order chi connectivity index (χ1) is 18.9. The molecule has 8 rings (SSSR count). The Kier molecular flexibility index (Phi) is 4.55. The maximum Gasteiger partial charge on any atom is 0.0547 e. The van der Waals surface area contributed by atoms with Crippen molar-refractivity contribution in [3.8, 4) is 22.5 Å². The summed E-state index contributed by atoms with van der Waals surface area (Å²) in [5, 5.41) is 6.43. The summed E-state index contributed by atoms with van der Waals surface area (Å²) in [5.41, 5.74) is 8.50. The molecule has 0 saturated carbocycles. The zero-order valence-electron chi connectivity index (χ0n) is 20.8. The molecular formula is C36H24N2. The zero-order chi connectivity index (χ0) is 25.1. The molecule has 2 heterocycles. The molecular weight excluding hydrogens is 460 g/mol. The van der Waals surface area contributed by atoms with Crippen LogP contribution in [0.5, 0.6) is 0 Å². The molecule has 0 aliphatic carbocycles. The van der Waals surface area contributed by atoms with Crippen LogP contribution in [0.4, 0.5) is 0 Å². The molecule has 0 bridgehead atoms. The Morgan fingerprint density at radius 2 is 1.00 bits per heavy atom. The summed E-state index contributed by atoms with van der Waals surface area (Å²) in [4.78, 5) is 0. The lowest BCUT2D eigenvalue weighted by Crippen LogP contribution is -1.94. The summed E-state index contributed by atoms with van der Waals surface area (Å²) >= 11 is 0. The molecule has 178 valence electrons. The lowest BCUT2D eigenvalue weighted by molar-refractivity contribution is 1.13. The van der Waals surface area contributed by atoms with Crippen LogP contribution in [0, 0.1) is 0 Å². The Labute approximate surface area is 220 Å². The Balaban J connectivity index is 1.37. The molecule has 2 nitrogen and oxygen atoms in total. The molecule has 0 fully saturated rings. The van der Waals surface area contributed by atoms with E-state index in [1.54, 1.807) is 0 Å². The van der Waals surface area contributed by atoms with Crippen LogP contribution in [0.1, 0.15) is 0 Å². The van der Waals surface area contributed by atoms with Crippen LogP contribution >= 0.6 is 0 Å². The highest BCUT2D eigenvalue weighted by Crippen LogP contribution is 2.39. The standard InChI is InChI=1S/C36H24N2/c1-3-9-25(10-4-1)26-15-17-28(18-16-26)38-34-14-8-7-13-32(34)36-31-20-21-33-30(29(31)19-22-35(36)38)23-24-37(33)27-11-5-2-6-12-27/h1-24H. The van der Waals surface area contributed by atoms with Crippen molar-refractivity contribution in [1.82, 2.24) is 9.13 Å². The molecule has 0 radical (unpaired) electrons. The van der Waals surface area contributed by atoms with E-state index in [0.29, 0.717) is 0 Å². The van der Waals surface area contributed by atoms with Crippen molar-refractivity contribution in [1.29, 1.82) is 0 Å². The summed E-state index contributed by atoms with van der Waals surface area (Å²) in [6.07, 6.45) is 2.18. The Hall–Kier alpha value is -5.08. The minimum atomic E-state index is 1.17. The summed E-state index contributed by atoms with van der Waals surface area (Å²) < 4.78 is 4.68. The van der Waals surface area contributed by atoms with Crippen LogP contribution in [0.2, 0.25) is 0 Å². The second-order valence-electron chi connectivity index (χ2n) is 9.84. The SMILES string of the molecule is c1ccc(-c2ccc(-n3c4ccccc4c4c5ccc6c(ccn6-c6ccccc6)c5ccc43)cc2)cc1. The van der Waals surface area contributed by atoms with Gasteiger partial charge in [0.1, 0.15) is 0 Å². The average Bonchev–Trinajstić information content (AvgIpc) is 3.58. The van der Waals surface area contributed by atoms with E-state index in [-0.39, 0.29) is 0 Å². The summed E-state index contributed by atoms with van der Waals surface area (Å²) in [5.74, 6) is 0. The maximum atomic E-state index is 2.40. The van der Waals surface area contributed by atoms with E-state index in [1.165, 1.54) is 66.0 Å². The molecule has 0 aliphatic heterocycles. The third-order valence-electron chi connectivity index (χ3n) is 7.77. The number of hydrogen-bond donors (Lipinski definition) is 0. The predicted molar refractivity (Wildman–Crippen MR) is 161 cm³/mol. The first kappa shape index (κ1) is 21.0. The molecule has 0 aliphatic rings. The fourth-order valence-electron chi connectivity index (χ4n) is 6.03. The number of hydrogen-bond acceptors (Lipinski definition) is 0. The molecule has 8 aromatic rings. The van der Waals surface area contributed by atoms with E-state index >= 15 is 0 Å². The van der Waals surface area contributed by atoms with Crippen molar-refractivity contribution in [3.05, 3.63) is 146 Å². The molecule has 0 unspecified atom stereocenters. The van der Waals surface area contributed by atoms with Gasteiger partial charge in [0.25, 0.3) is 0 Å². The van der Waals surface area contributed by atoms with Crippen molar-refractivity contribution in [2.75, 3.05) is 0 Å². The van der Waals surface area contributed by atoms with Gasteiger partial charge in [-0.25, -0.2) is 0 Å². The van der Waals surface area contributed by atoms with Gasteiger partial charge in [-0.05, 0) is 70.4 Å². The number of fused-ring (bicyclic) bond motifs is 7. The van der Waals surface area contributed by atoms with E-state index in [2.05, 4.69) is 155 Å². The normalized spacial score (nSPS) is 11.7. The average molecular weight is 485 g/mol. The summed E-state index contributed by atoms with van der Waals surface area (Å²) in [6, 6.07) is 50.2. The Bertz CT molecular complexity index is 2100. The zero-order valence-corrected chi connectivity index (χ0v) is 20.8.